The fraction of sp³-hybridized carbons (Fsp3) is 0.750. The van der Waals surface area contributed by atoms with E-state index < -0.39 is 20.0 Å². The number of allylic oxidation sites excluding steroid dienone is 12. The zero-order chi connectivity index (χ0) is 45.0. The van der Waals surface area contributed by atoms with Gasteiger partial charge in [-0.25, -0.2) is 0 Å². The van der Waals surface area contributed by atoms with Gasteiger partial charge in [-0.3, -0.25) is 9.36 Å². The van der Waals surface area contributed by atoms with Crippen molar-refractivity contribution in [3.05, 3.63) is 72.9 Å². The summed E-state index contributed by atoms with van der Waals surface area (Å²) in [5.41, 5.74) is 0. The van der Waals surface area contributed by atoms with Crippen molar-refractivity contribution in [2.24, 2.45) is 0 Å². The third-order valence-corrected chi connectivity index (χ3v) is 11.7. The van der Waals surface area contributed by atoms with E-state index in [2.05, 4.69) is 92.1 Å². The number of carbonyl (C=O) groups excluding carboxylic acids is 1. The average Bonchev–Trinajstić information content (AvgIpc) is 3.21. The number of phosphoric acid groups is 1. The Hall–Kier alpha value is -2.06. The molecule has 0 aromatic heterocycles. The lowest BCUT2D eigenvalue weighted by Crippen LogP contribution is -2.46. The number of aliphatic hydroxyl groups is 1. The number of quaternary nitrogens is 1. The van der Waals surface area contributed by atoms with E-state index in [1.807, 2.05) is 21.1 Å². The van der Waals surface area contributed by atoms with Crippen LogP contribution in [0.2, 0.25) is 0 Å². The van der Waals surface area contributed by atoms with Crippen LogP contribution in [-0.4, -0.2) is 68.5 Å². The molecular weight excluding hydrogens is 780 g/mol. The maximum Gasteiger partial charge on any atom is 0.268 e. The maximum absolute atomic E-state index is 12.9. The monoisotopic (exact) mass is 875 g/mol. The first-order valence-electron chi connectivity index (χ1n) is 24.8. The summed E-state index contributed by atoms with van der Waals surface area (Å²) in [6, 6.07) is -0.828. The zero-order valence-corrected chi connectivity index (χ0v) is 41.0. The summed E-state index contributed by atoms with van der Waals surface area (Å²) in [7, 11) is 1.27. The van der Waals surface area contributed by atoms with E-state index in [4.69, 9.17) is 9.05 Å². The zero-order valence-electron chi connectivity index (χ0n) is 40.1. The summed E-state index contributed by atoms with van der Waals surface area (Å²) < 4.78 is 23.3. The number of carbonyl (C=O) groups is 1. The van der Waals surface area contributed by atoms with Crippen molar-refractivity contribution in [3.8, 4) is 0 Å². The van der Waals surface area contributed by atoms with Gasteiger partial charge in [-0.05, 0) is 64.2 Å². The Morgan fingerprint density at radius 2 is 1.00 bits per heavy atom. The van der Waals surface area contributed by atoms with Crippen molar-refractivity contribution in [2.75, 3.05) is 40.9 Å². The molecule has 0 aromatic carbocycles. The molecule has 0 radical (unpaired) electrons. The van der Waals surface area contributed by atoms with Gasteiger partial charge in [-0.1, -0.05) is 202 Å². The Kier molecular flexibility index (Phi) is 41.7. The molecule has 0 aliphatic rings. The third kappa shape index (κ3) is 45.8. The van der Waals surface area contributed by atoms with E-state index in [-0.39, 0.29) is 19.1 Å². The van der Waals surface area contributed by atoms with Crippen LogP contribution in [0.3, 0.4) is 0 Å². The minimum Gasteiger partial charge on any atom is -0.756 e. The van der Waals surface area contributed by atoms with Gasteiger partial charge in [0, 0.05) is 6.42 Å². The first kappa shape index (κ1) is 58.9. The third-order valence-electron chi connectivity index (χ3n) is 10.7. The number of likely N-dealkylation sites (N-methyl/N-ethyl adjacent to an activating group) is 1. The van der Waals surface area contributed by atoms with Crippen LogP contribution >= 0.6 is 7.82 Å². The van der Waals surface area contributed by atoms with E-state index in [1.54, 1.807) is 0 Å². The molecule has 0 heterocycles. The predicted octanol–water partition coefficient (Wildman–Crippen LogP) is 13.7. The quantitative estimate of drug-likeness (QED) is 0.0273. The van der Waals surface area contributed by atoms with E-state index in [9.17, 15) is 19.4 Å². The van der Waals surface area contributed by atoms with Gasteiger partial charge in [0.25, 0.3) is 7.82 Å². The number of unbranched alkanes of at least 4 members (excludes halogenated alkanes) is 19. The van der Waals surface area contributed by atoms with E-state index in [0.717, 1.165) is 70.6 Å². The van der Waals surface area contributed by atoms with Crippen molar-refractivity contribution < 1.29 is 32.9 Å². The summed E-state index contributed by atoms with van der Waals surface area (Å²) in [5.74, 6) is -0.208. The van der Waals surface area contributed by atoms with Crippen molar-refractivity contribution in [3.63, 3.8) is 0 Å². The van der Waals surface area contributed by atoms with Crippen LogP contribution in [-0.2, 0) is 18.4 Å². The van der Waals surface area contributed by atoms with Crippen molar-refractivity contribution in [2.45, 2.75) is 212 Å². The number of rotatable bonds is 44. The number of nitrogens with one attached hydrogen (secondary N) is 1. The second-order valence-electron chi connectivity index (χ2n) is 17.8. The molecule has 354 valence electrons. The lowest BCUT2D eigenvalue weighted by Gasteiger charge is -2.30. The first-order valence-corrected chi connectivity index (χ1v) is 26.2. The Balaban J connectivity index is 4.40. The van der Waals surface area contributed by atoms with Crippen LogP contribution in [0.5, 0.6) is 0 Å². The molecule has 9 heteroatoms. The normalized spacial score (nSPS) is 14.8. The number of nitrogens with zero attached hydrogens (tertiary/aromatic N) is 1. The Morgan fingerprint density at radius 3 is 1.43 bits per heavy atom. The van der Waals surface area contributed by atoms with Gasteiger partial charge in [0.15, 0.2) is 0 Å². The highest BCUT2D eigenvalue weighted by molar-refractivity contribution is 7.45. The average molecular weight is 875 g/mol. The topological polar surface area (TPSA) is 108 Å². The second kappa shape index (κ2) is 43.2. The highest BCUT2D eigenvalue weighted by Gasteiger charge is 2.24. The van der Waals surface area contributed by atoms with Gasteiger partial charge in [-0.15, -0.1) is 0 Å². The van der Waals surface area contributed by atoms with Gasteiger partial charge < -0.3 is 28.8 Å². The van der Waals surface area contributed by atoms with Crippen LogP contribution in [0, 0.1) is 0 Å². The summed E-state index contributed by atoms with van der Waals surface area (Å²) in [6.07, 6.45) is 57.7. The number of amides is 1. The SMILES string of the molecule is CC/C=C\C/C=C\C/C=C\C/C=C\C/C=C\C/C=C\CCCCC(=O)NC(COP(=O)([O-])OCC[N+](C)(C)C)C(O)CCCCCCCCCCCCCCCCCCCC. The van der Waals surface area contributed by atoms with Gasteiger partial charge in [0.05, 0.1) is 39.9 Å². The van der Waals surface area contributed by atoms with E-state index in [0.29, 0.717) is 30.3 Å². The van der Waals surface area contributed by atoms with Gasteiger partial charge >= 0.3 is 0 Å². The molecule has 61 heavy (non-hydrogen) atoms. The molecule has 0 saturated carbocycles. The molecule has 1 amide bonds. The number of aliphatic hydroxyl groups excluding tert-OH is 1. The van der Waals surface area contributed by atoms with Crippen molar-refractivity contribution in [1.82, 2.24) is 5.32 Å². The minimum atomic E-state index is -4.58. The largest absolute Gasteiger partial charge is 0.756 e. The Labute approximate surface area is 376 Å². The first-order chi connectivity index (χ1) is 29.5. The van der Waals surface area contributed by atoms with Gasteiger partial charge in [0.2, 0.25) is 5.91 Å². The molecule has 0 aromatic rings. The fourth-order valence-corrected chi connectivity index (χ4v) is 7.53. The highest BCUT2D eigenvalue weighted by Crippen LogP contribution is 2.38. The predicted molar refractivity (Wildman–Crippen MR) is 260 cm³/mol. The molecule has 3 unspecified atom stereocenters. The van der Waals surface area contributed by atoms with E-state index >= 15 is 0 Å². The number of phosphoric ester groups is 1. The van der Waals surface area contributed by atoms with E-state index in [1.165, 1.54) is 96.3 Å². The molecule has 0 fully saturated rings. The van der Waals surface area contributed by atoms with Crippen LogP contribution in [0.1, 0.15) is 200 Å². The smallest absolute Gasteiger partial charge is 0.268 e. The number of hydrogen-bond acceptors (Lipinski definition) is 6. The fourth-order valence-electron chi connectivity index (χ4n) is 6.81. The van der Waals surface area contributed by atoms with Crippen LogP contribution in [0.15, 0.2) is 72.9 Å². The van der Waals surface area contributed by atoms with Gasteiger partial charge in [0.1, 0.15) is 13.2 Å². The molecule has 0 spiro atoms. The lowest BCUT2D eigenvalue weighted by atomic mass is 10.0. The van der Waals surface area contributed by atoms with Crippen molar-refractivity contribution in [1.29, 1.82) is 0 Å². The summed E-state index contributed by atoms with van der Waals surface area (Å²) >= 11 is 0. The molecule has 8 nitrogen and oxygen atoms in total. The van der Waals surface area contributed by atoms with Crippen LogP contribution in [0.25, 0.3) is 0 Å². The molecule has 0 aliphatic carbocycles. The van der Waals surface area contributed by atoms with Crippen LogP contribution < -0.4 is 10.2 Å². The second-order valence-corrected chi connectivity index (χ2v) is 19.2. The minimum absolute atomic E-state index is 0.0000688. The molecule has 0 saturated heterocycles. The van der Waals surface area contributed by atoms with Crippen molar-refractivity contribution >= 4 is 13.7 Å². The Bertz CT molecular complexity index is 1220. The molecule has 3 atom stereocenters. The molecule has 0 rings (SSSR count). The molecular formula is C52H95N2O6P. The molecule has 0 bridgehead atoms. The maximum atomic E-state index is 12.9. The summed E-state index contributed by atoms with van der Waals surface area (Å²) in [6.45, 7) is 4.57. The molecule has 0 aliphatic heterocycles. The molecule has 2 N–H and O–H groups in total. The Morgan fingerprint density at radius 1 is 0.590 bits per heavy atom. The lowest BCUT2D eigenvalue weighted by molar-refractivity contribution is -0.870. The number of hydrogen-bond donors (Lipinski definition) is 2. The standard InChI is InChI=1S/C52H95N2O6P/c1-6-8-10-12-14-16-18-20-22-24-26-27-28-30-32-34-36-38-40-42-44-46-52(56)53-50(49-60-61(57,58)59-48-47-54(3,4)5)51(55)45-43-41-39-37-35-33-31-29-25-23-21-19-17-15-13-11-9-7-2/h8,10,14,16,20,22,26-27,30,32,36,38,50-51,55H,6-7,9,11-13,15,17-19,21,23-25,28-29,31,33-35,37,39-49H2,1-5H3,(H-,53,56,57,58)/b10-8-,16-14-,22-20-,27-26-,32-30-,38-36-. The summed E-state index contributed by atoms with van der Waals surface area (Å²) in [5, 5.41) is 13.9. The van der Waals surface area contributed by atoms with Crippen LogP contribution in [0.4, 0.5) is 0 Å². The summed E-state index contributed by atoms with van der Waals surface area (Å²) in [4.78, 5) is 25.4. The van der Waals surface area contributed by atoms with Gasteiger partial charge in [-0.2, -0.15) is 0 Å². The highest BCUT2D eigenvalue weighted by atomic mass is 31.2.